The molecule has 0 fully saturated rings. The molecule has 2 nitrogen and oxygen atoms in total. The predicted octanol–water partition coefficient (Wildman–Crippen LogP) is 1.48. The van der Waals surface area contributed by atoms with Gasteiger partial charge in [0.1, 0.15) is 0 Å². The summed E-state index contributed by atoms with van der Waals surface area (Å²) in [6.45, 7) is 28.8. The molecule has 0 saturated carbocycles. The average molecular weight is 641 g/mol. The largest absolute Gasteiger partial charge is 1.00 e. The normalized spacial score (nSPS) is 17.2. The van der Waals surface area contributed by atoms with Gasteiger partial charge in [0.15, 0.2) is 0 Å². The Bertz CT molecular complexity index is 764. The molecule has 9 heteroatoms. The van der Waals surface area contributed by atoms with E-state index in [2.05, 4.69) is 79.3 Å². The molecular formula is C24H46Cl2O2Si4Zr. The molecule has 0 aromatic carbocycles. The van der Waals surface area contributed by atoms with Crippen molar-refractivity contribution in [1.29, 1.82) is 0 Å². The number of hydrogen-bond donors (Lipinski definition) is 0. The molecule has 0 unspecified atom stereocenters. The van der Waals surface area contributed by atoms with E-state index in [1.54, 1.807) is 21.5 Å². The molecule has 0 atom stereocenters. The van der Waals surface area contributed by atoms with Crippen LogP contribution in [-0.2, 0) is 32.1 Å². The van der Waals surface area contributed by atoms with Gasteiger partial charge in [0, 0.05) is 0 Å². The topological polar surface area (TPSA) is 18.5 Å². The van der Waals surface area contributed by atoms with Crippen molar-refractivity contribution in [3.05, 3.63) is 39.6 Å². The van der Waals surface area contributed by atoms with E-state index in [1.165, 1.54) is 11.5 Å². The predicted molar refractivity (Wildman–Crippen MR) is 145 cm³/mol. The van der Waals surface area contributed by atoms with E-state index in [0.717, 1.165) is 25.7 Å². The number of hydrogen-bond acceptors (Lipinski definition) is 2. The SMILES string of the molecule is CCC1=C(O[Si](C)(C)C)C[C]([Zr+2][C]2=C([SiH](C)C)C(CC)=C(O[Si](C)(C)C)C2)=C1[SiH](C)C.[Cl-].[Cl-]. The van der Waals surface area contributed by atoms with Crippen LogP contribution < -0.4 is 24.8 Å². The Hall–Kier alpha value is 0.891. The van der Waals surface area contributed by atoms with Gasteiger partial charge in [-0.1, -0.05) is 0 Å². The second-order valence-electron chi connectivity index (χ2n) is 11.5. The van der Waals surface area contributed by atoms with Crippen LogP contribution in [0.25, 0.3) is 0 Å². The Morgan fingerprint density at radius 1 is 0.667 bits per heavy atom. The van der Waals surface area contributed by atoms with Gasteiger partial charge in [-0.3, -0.25) is 0 Å². The molecule has 188 valence electrons. The van der Waals surface area contributed by atoms with Crippen molar-refractivity contribution in [1.82, 2.24) is 0 Å². The molecule has 0 radical (unpaired) electrons. The van der Waals surface area contributed by atoms with Gasteiger partial charge in [-0.2, -0.15) is 0 Å². The second-order valence-corrected chi connectivity index (χ2v) is 29.7. The Morgan fingerprint density at radius 2 is 0.970 bits per heavy atom. The summed E-state index contributed by atoms with van der Waals surface area (Å²) in [4.78, 5) is 0. The second kappa shape index (κ2) is 13.4. The van der Waals surface area contributed by atoms with Crippen LogP contribution in [0.5, 0.6) is 0 Å². The Balaban J connectivity index is 0.00000512. The third-order valence-corrected chi connectivity index (χ3v) is 16.2. The molecule has 0 aliphatic heterocycles. The summed E-state index contributed by atoms with van der Waals surface area (Å²) in [5.74, 6) is 2.72. The molecule has 0 N–H and O–H groups in total. The molecule has 33 heavy (non-hydrogen) atoms. The number of rotatable bonds is 10. The van der Waals surface area contributed by atoms with Gasteiger partial charge in [0.05, 0.1) is 0 Å². The summed E-state index contributed by atoms with van der Waals surface area (Å²) in [5, 5.41) is 3.61. The smallest absolute Gasteiger partial charge is 1.00 e. The zero-order valence-electron chi connectivity index (χ0n) is 23.1. The van der Waals surface area contributed by atoms with Gasteiger partial charge < -0.3 is 24.8 Å². The number of halogens is 2. The summed E-state index contributed by atoms with van der Waals surface area (Å²) in [6.07, 6.45) is 4.53. The van der Waals surface area contributed by atoms with Crippen molar-refractivity contribution in [2.75, 3.05) is 0 Å². The van der Waals surface area contributed by atoms with E-state index in [4.69, 9.17) is 8.85 Å². The van der Waals surface area contributed by atoms with E-state index in [9.17, 15) is 0 Å². The summed E-state index contributed by atoms with van der Waals surface area (Å²) in [7, 11) is -4.95. The molecule has 2 aliphatic rings. The van der Waals surface area contributed by atoms with Gasteiger partial charge in [-0.05, 0) is 0 Å². The molecule has 0 aromatic rings. The van der Waals surface area contributed by atoms with Crippen LogP contribution in [-0.4, -0.2) is 34.2 Å². The van der Waals surface area contributed by atoms with Gasteiger partial charge >= 0.3 is 211 Å². The molecule has 2 rings (SSSR count). The van der Waals surface area contributed by atoms with Crippen molar-refractivity contribution in [3.63, 3.8) is 0 Å². The molecule has 0 saturated heterocycles. The van der Waals surface area contributed by atoms with Gasteiger partial charge in [-0.15, -0.1) is 0 Å². The maximum absolute atomic E-state index is 6.67. The fourth-order valence-corrected chi connectivity index (χ4v) is 19.1. The minimum absolute atomic E-state index is 0. The third-order valence-electron chi connectivity index (χ3n) is 5.67. The minimum atomic E-state index is -1.58. The van der Waals surface area contributed by atoms with Gasteiger partial charge in [0.2, 0.25) is 0 Å². The quantitative estimate of drug-likeness (QED) is 0.337. The third kappa shape index (κ3) is 9.05. The van der Waals surface area contributed by atoms with Crippen molar-refractivity contribution in [2.24, 2.45) is 0 Å². The van der Waals surface area contributed by atoms with Crippen LogP contribution in [0.15, 0.2) is 39.6 Å². The monoisotopic (exact) mass is 638 g/mol. The first kappa shape index (κ1) is 33.9. The molecular weight excluding hydrogens is 595 g/mol. The van der Waals surface area contributed by atoms with E-state index >= 15 is 0 Å². The molecule has 0 spiro atoms. The van der Waals surface area contributed by atoms with Crippen LogP contribution >= 0.6 is 0 Å². The van der Waals surface area contributed by atoms with Gasteiger partial charge in [0.25, 0.3) is 0 Å². The minimum Gasteiger partial charge on any atom is -1.00 e. The molecule has 0 amide bonds. The van der Waals surface area contributed by atoms with E-state index in [1.807, 2.05) is 6.56 Å². The molecule has 2 aliphatic carbocycles. The molecule has 0 aromatic heterocycles. The van der Waals surface area contributed by atoms with E-state index in [0.29, 0.717) is 0 Å². The standard InChI is InChI=1S/2C12H23OSi2.2ClH.Zr/c2*1-7-10-11(13-15(4,5)6)8-9-12(10)14(2)3;;;/h2*14H,7-8H2,1-6H3;2*1H;/q;;;;+2/p-2. The Labute approximate surface area is 234 Å². The zero-order valence-corrected chi connectivity index (χ0v) is 31.3. The van der Waals surface area contributed by atoms with Crippen molar-refractivity contribution in [2.45, 2.75) is 105 Å². The van der Waals surface area contributed by atoms with Crippen molar-refractivity contribution < 1.29 is 56.9 Å². The van der Waals surface area contributed by atoms with Crippen LogP contribution in [0.1, 0.15) is 39.5 Å². The van der Waals surface area contributed by atoms with Crippen LogP contribution in [0.4, 0.5) is 0 Å². The first-order valence-corrected chi connectivity index (χ1v) is 27.3. The maximum atomic E-state index is 6.67. The fourth-order valence-electron chi connectivity index (χ4n) is 4.90. The first-order valence-electron chi connectivity index (χ1n) is 12.2. The summed E-state index contributed by atoms with van der Waals surface area (Å²) in [6, 6.07) is 0. The maximum Gasteiger partial charge on any atom is -1.00 e. The van der Waals surface area contributed by atoms with E-state index in [-0.39, 0.29) is 24.8 Å². The van der Waals surface area contributed by atoms with Crippen LogP contribution in [0, 0.1) is 0 Å². The first-order chi connectivity index (χ1) is 14.2. The van der Waals surface area contributed by atoms with Crippen LogP contribution in [0.2, 0.25) is 65.5 Å². The molecule has 0 bridgehead atoms. The van der Waals surface area contributed by atoms with Crippen molar-refractivity contribution >= 4 is 34.2 Å². The van der Waals surface area contributed by atoms with E-state index < -0.39 is 57.5 Å². The summed E-state index contributed by atoms with van der Waals surface area (Å²) < 4.78 is 17.0. The average Bonchev–Trinajstić information content (AvgIpc) is 3.09. The zero-order chi connectivity index (χ0) is 23.7. The van der Waals surface area contributed by atoms with Crippen molar-refractivity contribution in [3.8, 4) is 0 Å². The Morgan fingerprint density at radius 3 is 1.18 bits per heavy atom. The van der Waals surface area contributed by atoms with Crippen LogP contribution in [0.3, 0.4) is 0 Å². The fraction of sp³-hybridized carbons (Fsp3) is 0.667. The number of allylic oxidation sites excluding steroid dienone is 6. The summed E-state index contributed by atoms with van der Waals surface area (Å²) >= 11 is -0.810. The molecule has 0 heterocycles. The Kier molecular flexibility index (Phi) is 13.8. The van der Waals surface area contributed by atoms with Gasteiger partial charge in [-0.25, -0.2) is 0 Å². The summed E-state index contributed by atoms with van der Waals surface area (Å²) in [5.41, 5.74) is 3.20.